The Kier molecular flexibility index (Phi) is 5.59. The van der Waals surface area contributed by atoms with Crippen LogP contribution in [0.1, 0.15) is 45.1 Å². The molecule has 2 N–H and O–H groups in total. The van der Waals surface area contributed by atoms with Crippen LogP contribution in [-0.4, -0.2) is 16.2 Å². The molecule has 3 rings (SSSR count). The maximum Gasteiger partial charge on any atom is 0.123 e. The summed E-state index contributed by atoms with van der Waals surface area (Å²) in [5, 5.41) is 15.3. The molecule has 0 spiro atoms. The minimum Gasteiger partial charge on any atom is -0.390 e. The average molecular weight is 376 g/mol. The fourth-order valence-electron chi connectivity index (χ4n) is 4.04. The Balaban J connectivity index is 1.59. The van der Waals surface area contributed by atoms with Crippen LogP contribution in [0.15, 0.2) is 48.5 Å². The number of aliphatic hydroxyl groups is 1. The Hall–Kier alpha value is -1.58. The quantitative estimate of drug-likeness (QED) is 0.688. The van der Waals surface area contributed by atoms with Crippen molar-refractivity contribution >= 4 is 17.3 Å². The van der Waals surface area contributed by atoms with Crippen LogP contribution in [0.4, 0.5) is 10.1 Å². The lowest BCUT2D eigenvalue weighted by Crippen LogP contribution is -2.45. The molecule has 4 heteroatoms. The van der Waals surface area contributed by atoms with Crippen LogP contribution >= 0.6 is 11.6 Å². The number of hydrogen-bond donors (Lipinski definition) is 2. The van der Waals surface area contributed by atoms with Crippen molar-refractivity contribution in [2.75, 3.05) is 5.32 Å². The Morgan fingerprint density at radius 1 is 1.08 bits per heavy atom. The first-order chi connectivity index (χ1) is 12.3. The molecule has 0 aliphatic heterocycles. The number of hydrogen-bond acceptors (Lipinski definition) is 2. The van der Waals surface area contributed by atoms with Gasteiger partial charge in [0.2, 0.25) is 0 Å². The van der Waals surface area contributed by atoms with Gasteiger partial charge >= 0.3 is 0 Å². The summed E-state index contributed by atoms with van der Waals surface area (Å²) in [6, 6.07) is 14.2. The first-order valence-corrected chi connectivity index (χ1v) is 9.64. The van der Waals surface area contributed by atoms with Gasteiger partial charge < -0.3 is 10.4 Å². The maximum atomic E-state index is 13.1. The first kappa shape index (κ1) is 19.2. The highest BCUT2D eigenvalue weighted by molar-refractivity contribution is 6.30. The number of benzene rings is 2. The second kappa shape index (κ2) is 7.58. The molecule has 0 unspecified atom stereocenters. The van der Waals surface area contributed by atoms with Crippen LogP contribution in [0.25, 0.3) is 0 Å². The molecule has 1 aliphatic carbocycles. The van der Waals surface area contributed by atoms with E-state index in [4.69, 9.17) is 11.6 Å². The van der Waals surface area contributed by atoms with Crippen molar-refractivity contribution in [3.05, 3.63) is 64.9 Å². The average Bonchev–Trinajstić information content (AvgIpc) is 2.59. The molecule has 26 heavy (non-hydrogen) atoms. The number of rotatable bonds is 5. The van der Waals surface area contributed by atoms with Crippen molar-refractivity contribution in [3.8, 4) is 0 Å². The summed E-state index contributed by atoms with van der Waals surface area (Å²) in [6.07, 6.45) is 4.04. The predicted octanol–water partition coefficient (Wildman–Crippen LogP) is 5.83. The van der Waals surface area contributed by atoms with Crippen LogP contribution in [-0.2, 0) is 6.42 Å². The van der Waals surface area contributed by atoms with Gasteiger partial charge in [0.15, 0.2) is 0 Å². The third kappa shape index (κ3) is 4.77. The van der Waals surface area contributed by atoms with Crippen molar-refractivity contribution in [1.82, 2.24) is 0 Å². The third-order valence-corrected chi connectivity index (χ3v) is 5.95. The lowest BCUT2D eigenvalue weighted by Gasteiger charge is -2.43. The minimum atomic E-state index is -0.690. The number of anilines is 1. The van der Waals surface area contributed by atoms with Crippen LogP contribution in [0.3, 0.4) is 0 Å². The van der Waals surface area contributed by atoms with E-state index in [9.17, 15) is 9.50 Å². The van der Waals surface area contributed by atoms with Gasteiger partial charge in [0, 0.05) is 22.7 Å². The first-order valence-electron chi connectivity index (χ1n) is 9.26. The lowest BCUT2D eigenvalue weighted by molar-refractivity contribution is -0.0157. The summed E-state index contributed by atoms with van der Waals surface area (Å²) in [5.41, 5.74) is 1.30. The molecule has 0 amide bonds. The smallest absolute Gasteiger partial charge is 0.123 e. The van der Waals surface area contributed by atoms with Gasteiger partial charge in [0.1, 0.15) is 5.82 Å². The molecule has 140 valence electrons. The molecule has 0 heterocycles. The molecule has 0 bridgehead atoms. The summed E-state index contributed by atoms with van der Waals surface area (Å²) in [4.78, 5) is 0. The molecule has 1 saturated carbocycles. The van der Waals surface area contributed by atoms with Crippen molar-refractivity contribution in [2.45, 2.75) is 57.1 Å². The monoisotopic (exact) mass is 375 g/mol. The van der Waals surface area contributed by atoms with Gasteiger partial charge in [0.05, 0.1) is 5.60 Å². The molecule has 0 atom stereocenters. The third-order valence-electron chi connectivity index (χ3n) is 5.69. The molecule has 2 nitrogen and oxygen atoms in total. The highest BCUT2D eigenvalue weighted by atomic mass is 35.5. The summed E-state index contributed by atoms with van der Waals surface area (Å²) in [7, 11) is 0. The van der Waals surface area contributed by atoms with Gasteiger partial charge in [0.25, 0.3) is 0 Å². The Morgan fingerprint density at radius 3 is 2.23 bits per heavy atom. The van der Waals surface area contributed by atoms with Crippen molar-refractivity contribution in [1.29, 1.82) is 0 Å². The largest absolute Gasteiger partial charge is 0.390 e. The normalized spacial score (nSPS) is 23.7. The van der Waals surface area contributed by atoms with E-state index in [-0.39, 0.29) is 11.4 Å². The molecule has 0 radical (unpaired) electrons. The molecular formula is C22H27ClFNO. The van der Waals surface area contributed by atoms with Gasteiger partial charge in [-0.2, -0.15) is 0 Å². The van der Waals surface area contributed by atoms with Crippen molar-refractivity contribution < 1.29 is 9.50 Å². The standard InChI is InChI=1S/C22H27ClFNO/c1-21(2,25-20-9-5-18(23)6-10-20)17-11-13-22(26,14-12-17)15-16-3-7-19(24)8-4-16/h3-10,17,25-26H,11-15H2,1-2H3. The fraction of sp³-hybridized carbons (Fsp3) is 0.455. The van der Waals surface area contributed by atoms with E-state index in [2.05, 4.69) is 19.2 Å². The SMILES string of the molecule is CC(C)(Nc1ccc(Cl)cc1)C1CCC(O)(Cc2ccc(F)cc2)CC1. The van der Waals surface area contributed by atoms with Crippen LogP contribution in [0.5, 0.6) is 0 Å². The molecule has 1 aliphatic rings. The zero-order valence-electron chi connectivity index (χ0n) is 15.4. The maximum absolute atomic E-state index is 13.1. The Bertz CT molecular complexity index is 719. The van der Waals surface area contributed by atoms with E-state index in [0.29, 0.717) is 12.3 Å². The van der Waals surface area contributed by atoms with Crippen LogP contribution in [0.2, 0.25) is 5.02 Å². The fourth-order valence-corrected chi connectivity index (χ4v) is 4.17. The van der Waals surface area contributed by atoms with Crippen LogP contribution in [0, 0.1) is 11.7 Å². The second-order valence-corrected chi connectivity index (χ2v) is 8.59. The van der Waals surface area contributed by atoms with E-state index in [1.807, 2.05) is 24.3 Å². The van der Waals surface area contributed by atoms with E-state index >= 15 is 0 Å². The molecule has 2 aromatic rings. The van der Waals surface area contributed by atoms with Gasteiger partial charge in [-0.1, -0.05) is 23.7 Å². The van der Waals surface area contributed by atoms with E-state index in [1.165, 1.54) is 12.1 Å². The molecule has 0 saturated heterocycles. The van der Waals surface area contributed by atoms with Gasteiger partial charge in [-0.25, -0.2) is 4.39 Å². The van der Waals surface area contributed by atoms with Crippen molar-refractivity contribution in [3.63, 3.8) is 0 Å². The van der Waals surface area contributed by atoms with E-state index < -0.39 is 5.60 Å². The van der Waals surface area contributed by atoms with E-state index in [0.717, 1.165) is 42.0 Å². The van der Waals surface area contributed by atoms with Crippen LogP contribution < -0.4 is 5.32 Å². The minimum absolute atomic E-state index is 0.0644. The van der Waals surface area contributed by atoms with E-state index in [1.54, 1.807) is 12.1 Å². The zero-order valence-corrected chi connectivity index (χ0v) is 16.2. The molecule has 1 fully saturated rings. The predicted molar refractivity (Wildman–Crippen MR) is 106 cm³/mol. The summed E-state index contributed by atoms with van der Waals surface area (Å²) in [5.74, 6) is 0.242. The molecule has 2 aromatic carbocycles. The molecular weight excluding hydrogens is 349 g/mol. The van der Waals surface area contributed by atoms with Crippen molar-refractivity contribution in [2.24, 2.45) is 5.92 Å². The van der Waals surface area contributed by atoms with Gasteiger partial charge in [-0.15, -0.1) is 0 Å². The van der Waals surface area contributed by atoms with Gasteiger partial charge in [-0.05, 0) is 87.4 Å². The second-order valence-electron chi connectivity index (χ2n) is 8.16. The summed E-state index contributed by atoms with van der Waals surface area (Å²) < 4.78 is 13.1. The Labute approximate surface area is 160 Å². The number of halogens is 2. The zero-order chi connectivity index (χ0) is 18.8. The molecule has 0 aromatic heterocycles. The highest BCUT2D eigenvalue weighted by Gasteiger charge is 2.39. The number of nitrogens with one attached hydrogen (secondary N) is 1. The Morgan fingerprint density at radius 2 is 1.65 bits per heavy atom. The highest BCUT2D eigenvalue weighted by Crippen LogP contribution is 2.40. The topological polar surface area (TPSA) is 32.3 Å². The lowest BCUT2D eigenvalue weighted by atomic mass is 9.70. The summed E-state index contributed by atoms with van der Waals surface area (Å²) in [6.45, 7) is 4.44. The summed E-state index contributed by atoms with van der Waals surface area (Å²) >= 11 is 5.96. The van der Waals surface area contributed by atoms with Gasteiger partial charge in [-0.3, -0.25) is 0 Å².